The molecule has 3 heterocycles. The topological polar surface area (TPSA) is 81.2 Å². The van der Waals surface area contributed by atoms with Crippen LogP contribution >= 0.6 is 11.8 Å². The van der Waals surface area contributed by atoms with Crippen LogP contribution in [0.2, 0.25) is 0 Å². The van der Waals surface area contributed by atoms with Crippen LogP contribution in [0.3, 0.4) is 0 Å². The number of hydrogen-bond donors (Lipinski definition) is 1. The molecule has 6 atom stereocenters. The minimum absolute atomic E-state index is 0.0554. The molecule has 2 aromatic rings. The van der Waals surface area contributed by atoms with Crippen molar-refractivity contribution in [3.63, 3.8) is 0 Å². The molecule has 3 amide bonds. The molecule has 0 saturated carbocycles. The highest BCUT2D eigenvalue weighted by molar-refractivity contribution is 8.02. The molecule has 0 radical (unpaired) electrons. The summed E-state index contributed by atoms with van der Waals surface area (Å²) in [4.78, 5) is 49.0. The number of unbranched alkanes of at least 4 members (excludes halogenated alkanes) is 1. The Bertz CT molecular complexity index is 1320. The number of aliphatic hydroxyl groups excluding tert-OH is 1. The van der Waals surface area contributed by atoms with Gasteiger partial charge in [-0.15, -0.1) is 24.9 Å². The summed E-state index contributed by atoms with van der Waals surface area (Å²) >= 11 is 1.66. The Morgan fingerprint density at radius 2 is 1.74 bits per heavy atom. The van der Waals surface area contributed by atoms with Crippen LogP contribution in [0.5, 0.6) is 0 Å². The number of thioether (sulfide) groups is 1. The Morgan fingerprint density at radius 3 is 2.37 bits per heavy atom. The zero-order chi connectivity index (χ0) is 30.6. The van der Waals surface area contributed by atoms with Crippen molar-refractivity contribution in [2.75, 3.05) is 31.1 Å². The molecule has 3 aliphatic rings. The minimum Gasteiger partial charge on any atom is -0.394 e. The molecule has 1 N–H and O–H groups in total. The minimum atomic E-state index is -0.764. The van der Waals surface area contributed by atoms with E-state index in [2.05, 4.69) is 20.1 Å². The summed E-state index contributed by atoms with van der Waals surface area (Å²) in [6.45, 7) is 10.9. The first-order valence-corrected chi connectivity index (χ1v) is 16.3. The van der Waals surface area contributed by atoms with Crippen LogP contribution < -0.4 is 4.90 Å². The highest BCUT2D eigenvalue weighted by atomic mass is 32.2. The summed E-state index contributed by atoms with van der Waals surface area (Å²) in [6, 6.07) is 17.9. The van der Waals surface area contributed by atoms with E-state index in [4.69, 9.17) is 0 Å². The standard InChI is InChI=1S/C35H43N3O4S/c1-4-7-22-36(20-5-2)34(42)31-35-19-18-28(43-35)29(32(40)37(21-6-3)26-16-12-9-13-17-26)30(35)33(41)38(31)27(24-39)23-25-14-10-8-11-15-25/h5-6,8-17,27-31,39H,2-4,7,18-24H2,1H3/t27-,28-,29+,30+,31?,35?/m1/s1. The first-order chi connectivity index (χ1) is 20.9. The van der Waals surface area contributed by atoms with E-state index in [1.54, 1.807) is 33.7 Å². The lowest BCUT2D eigenvalue weighted by molar-refractivity contribution is -0.145. The van der Waals surface area contributed by atoms with Gasteiger partial charge in [-0.05, 0) is 43.4 Å². The summed E-state index contributed by atoms with van der Waals surface area (Å²) in [5.41, 5.74) is 1.74. The molecule has 8 heteroatoms. The molecule has 2 unspecified atom stereocenters. The fraction of sp³-hybridized carbons (Fsp3) is 0.457. The molecule has 7 nitrogen and oxygen atoms in total. The third kappa shape index (κ3) is 5.67. The van der Waals surface area contributed by atoms with Crippen molar-refractivity contribution >= 4 is 35.2 Å². The van der Waals surface area contributed by atoms with E-state index in [-0.39, 0.29) is 29.6 Å². The number of amides is 3. The molecule has 3 aliphatic heterocycles. The number of carbonyl (C=O) groups excluding carboxylic acids is 3. The number of likely N-dealkylation sites (tertiary alicyclic amines) is 1. The van der Waals surface area contributed by atoms with Crippen molar-refractivity contribution in [3.05, 3.63) is 91.5 Å². The van der Waals surface area contributed by atoms with Gasteiger partial charge in [-0.2, -0.15) is 0 Å². The lowest BCUT2D eigenvalue weighted by Crippen LogP contribution is -2.58. The van der Waals surface area contributed by atoms with Crippen LogP contribution in [0.15, 0.2) is 86.0 Å². The molecule has 5 rings (SSSR count). The largest absolute Gasteiger partial charge is 0.394 e. The summed E-state index contributed by atoms with van der Waals surface area (Å²) in [5.74, 6) is -1.61. The Morgan fingerprint density at radius 1 is 1.07 bits per heavy atom. The number of fused-ring (bicyclic) bond motifs is 1. The van der Waals surface area contributed by atoms with E-state index in [1.807, 2.05) is 65.6 Å². The molecule has 43 heavy (non-hydrogen) atoms. The zero-order valence-electron chi connectivity index (χ0n) is 25.0. The van der Waals surface area contributed by atoms with E-state index in [9.17, 15) is 19.5 Å². The number of hydrogen-bond acceptors (Lipinski definition) is 5. The third-order valence-electron chi connectivity index (χ3n) is 9.26. The number of rotatable bonds is 14. The first-order valence-electron chi connectivity index (χ1n) is 15.4. The molecule has 228 valence electrons. The summed E-state index contributed by atoms with van der Waals surface area (Å²) in [7, 11) is 0. The Balaban J connectivity index is 1.57. The maximum absolute atomic E-state index is 14.7. The van der Waals surface area contributed by atoms with E-state index < -0.39 is 28.7 Å². The normalized spacial score (nSPS) is 26.2. The van der Waals surface area contributed by atoms with Gasteiger partial charge in [-0.3, -0.25) is 14.4 Å². The van der Waals surface area contributed by atoms with Crippen LogP contribution in [-0.2, 0) is 20.8 Å². The summed E-state index contributed by atoms with van der Waals surface area (Å²) in [5, 5.41) is 10.7. The van der Waals surface area contributed by atoms with E-state index in [0.717, 1.165) is 30.5 Å². The molecule has 3 fully saturated rings. The van der Waals surface area contributed by atoms with Gasteiger partial charge in [0.25, 0.3) is 0 Å². The fourth-order valence-corrected chi connectivity index (χ4v) is 9.58. The van der Waals surface area contributed by atoms with Gasteiger partial charge >= 0.3 is 0 Å². The van der Waals surface area contributed by atoms with Crippen molar-refractivity contribution in [2.45, 2.75) is 61.1 Å². The summed E-state index contributed by atoms with van der Waals surface area (Å²) in [6.07, 6.45) is 7.08. The smallest absolute Gasteiger partial charge is 0.247 e. The van der Waals surface area contributed by atoms with Crippen molar-refractivity contribution in [3.8, 4) is 0 Å². The number of para-hydroxylation sites is 1. The monoisotopic (exact) mass is 601 g/mol. The summed E-state index contributed by atoms with van der Waals surface area (Å²) < 4.78 is -0.731. The van der Waals surface area contributed by atoms with Crippen LogP contribution in [0.25, 0.3) is 0 Å². The molecular formula is C35H43N3O4S. The third-order valence-corrected chi connectivity index (χ3v) is 11.2. The molecule has 0 aromatic heterocycles. The molecular weight excluding hydrogens is 558 g/mol. The molecule has 1 spiro atoms. The van der Waals surface area contributed by atoms with Crippen LogP contribution in [0.1, 0.15) is 38.2 Å². The van der Waals surface area contributed by atoms with Gasteiger partial charge in [-0.25, -0.2) is 0 Å². The first kappa shape index (κ1) is 31.1. The maximum atomic E-state index is 14.7. The Kier molecular flexibility index (Phi) is 9.77. The lowest BCUT2D eigenvalue weighted by atomic mass is 9.70. The number of anilines is 1. The number of carbonyl (C=O) groups is 3. The van der Waals surface area contributed by atoms with Crippen molar-refractivity contribution in [1.82, 2.24) is 9.80 Å². The second-order valence-corrected chi connectivity index (χ2v) is 13.4. The van der Waals surface area contributed by atoms with Crippen LogP contribution in [-0.4, -0.2) is 80.9 Å². The predicted molar refractivity (Wildman–Crippen MR) is 173 cm³/mol. The molecule has 3 saturated heterocycles. The quantitative estimate of drug-likeness (QED) is 0.317. The maximum Gasteiger partial charge on any atom is 0.247 e. The Hall–Kier alpha value is -3.36. The molecule has 2 bridgehead atoms. The van der Waals surface area contributed by atoms with Crippen LogP contribution in [0.4, 0.5) is 5.69 Å². The van der Waals surface area contributed by atoms with Crippen molar-refractivity contribution in [1.29, 1.82) is 0 Å². The zero-order valence-corrected chi connectivity index (χ0v) is 25.8. The molecule has 0 aliphatic carbocycles. The van der Waals surface area contributed by atoms with Crippen LogP contribution in [0, 0.1) is 11.8 Å². The second kappa shape index (κ2) is 13.5. The van der Waals surface area contributed by atoms with Gasteiger partial charge in [0.1, 0.15) is 6.04 Å². The molecule has 2 aromatic carbocycles. The van der Waals surface area contributed by atoms with Gasteiger partial charge in [0.2, 0.25) is 17.7 Å². The van der Waals surface area contributed by atoms with E-state index in [0.29, 0.717) is 32.5 Å². The number of benzene rings is 2. The van der Waals surface area contributed by atoms with Gasteiger partial charge < -0.3 is 19.8 Å². The average molecular weight is 602 g/mol. The SMILES string of the molecule is C=CCN(CCCC)C(=O)C1N([C@@H](CO)Cc2ccccc2)C(=O)[C@@H]2[C@@H](C(=O)N(CC=C)c3ccccc3)[C@H]3CCC12S3. The average Bonchev–Trinajstić information content (AvgIpc) is 3.68. The van der Waals surface area contributed by atoms with Gasteiger partial charge in [0, 0.05) is 30.6 Å². The number of aliphatic hydroxyl groups is 1. The van der Waals surface area contributed by atoms with Crippen molar-refractivity contribution < 1.29 is 19.5 Å². The predicted octanol–water partition coefficient (Wildman–Crippen LogP) is 4.72. The number of nitrogens with zero attached hydrogens (tertiary/aromatic N) is 3. The van der Waals surface area contributed by atoms with Gasteiger partial charge in [0.15, 0.2) is 0 Å². The highest BCUT2D eigenvalue weighted by Gasteiger charge is 2.74. The van der Waals surface area contributed by atoms with E-state index >= 15 is 0 Å². The Labute approximate surface area is 259 Å². The van der Waals surface area contributed by atoms with Crippen molar-refractivity contribution in [2.24, 2.45) is 11.8 Å². The fourth-order valence-electron chi connectivity index (χ4n) is 7.39. The second-order valence-electron chi connectivity index (χ2n) is 11.8. The van der Waals surface area contributed by atoms with Gasteiger partial charge in [0.05, 0.1) is 29.2 Å². The lowest BCUT2D eigenvalue weighted by Gasteiger charge is -2.39. The van der Waals surface area contributed by atoms with Gasteiger partial charge in [-0.1, -0.05) is 74.0 Å². The highest BCUT2D eigenvalue weighted by Crippen LogP contribution is 2.67. The van der Waals surface area contributed by atoms with E-state index in [1.165, 1.54) is 0 Å².